The molecule has 4 aromatic carbocycles. The first-order valence-electron chi connectivity index (χ1n) is 10.7. The molecule has 0 fully saturated rings. The van der Waals surface area contributed by atoms with Crippen molar-refractivity contribution in [2.75, 3.05) is 12.8 Å². The van der Waals surface area contributed by atoms with Gasteiger partial charge >= 0.3 is 7.60 Å². The van der Waals surface area contributed by atoms with Crippen LogP contribution in [-0.2, 0) is 9.09 Å². The fraction of sp³-hybridized carbons (Fsp3) is 0.231. The summed E-state index contributed by atoms with van der Waals surface area (Å²) < 4.78 is 25.3. The molecule has 0 heterocycles. The number of unbranched alkanes of at least 4 members (excludes halogenated alkanes) is 1. The van der Waals surface area contributed by atoms with Crippen LogP contribution in [0.4, 0.5) is 0 Å². The van der Waals surface area contributed by atoms with Crippen molar-refractivity contribution in [2.24, 2.45) is 0 Å². The molecule has 0 saturated heterocycles. The van der Waals surface area contributed by atoms with Gasteiger partial charge in [-0.05, 0) is 47.0 Å². The van der Waals surface area contributed by atoms with Crippen LogP contribution >= 0.6 is 7.60 Å². The molecule has 5 heteroatoms. The summed E-state index contributed by atoms with van der Waals surface area (Å²) in [5, 5.41) is 14.8. The van der Waals surface area contributed by atoms with Crippen LogP contribution in [-0.4, -0.2) is 17.9 Å². The maximum absolute atomic E-state index is 13.5. The number of benzene rings is 4. The van der Waals surface area contributed by atoms with Crippen LogP contribution in [0.2, 0.25) is 0 Å². The summed E-state index contributed by atoms with van der Waals surface area (Å²) in [5.41, 5.74) is 1.40. The van der Waals surface area contributed by atoms with Crippen molar-refractivity contribution in [3.63, 3.8) is 0 Å². The van der Waals surface area contributed by atoms with E-state index in [1.54, 1.807) is 6.07 Å². The Hall–Kier alpha value is -2.81. The quantitative estimate of drug-likeness (QED) is 0.288. The molecule has 0 aliphatic carbocycles. The number of hydrogen-bond acceptors (Lipinski definition) is 4. The highest BCUT2D eigenvalue weighted by Crippen LogP contribution is 2.53. The van der Waals surface area contributed by atoms with E-state index in [0.717, 1.165) is 39.9 Å². The minimum absolute atomic E-state index is 0.153. The molecule has 0 aliphatic rings. The molecule has 4 aromatic rings. The van der Waals surface area contributed by atoms with Gasteiger partial charge in [0.05, 0.1) is 12.8 Å². The number of fused-ring (bicyclic) bond motifs is 2. The topological polar surface area (TPSA) is 55.8 Å². The normalized spacial score (nSPS) is 13.4. The molecule has 0 aromatic heterocycles. The average Bonchev–Trinajstić information content (AvgIpc) is 2.78. The van der Waals surface area contributed by atoms with Crippen LogP contribution in [0.3, 0.4) is 0 Å². The lowest BCUT2D eigenvalue weighted by Gasteiger charge is -2.22. The smallest absolute Gasteiger partial charge is 0.379 e. The molecule has 1 N–H and O–H groups in total. The Bertz CT molecular complexity index is 1260. The number of rotatable bonds is 8. The third-order valence-corrected chi connectivity index (χ3v) is 7.39. The second kappa shape index (κ2) is 9.13. The Morgan fingerprint density at radius 2 is 1.42 bits per heavy atom. The zero-order valence-electron chi connectivity index (χ0n) is 17.9. The zero-order chi connectivity index (χ0) is 21.8. The molecular formula is C26H27O4P. The highest BCUT2D eigenvalue weighted by Gasteiger charge is 2.28. The highest BCUT2D eigenvalue weighted by atomic mass is 31.2. The van der Waals surface area contributed by atoms with Gasteiger partial charge in [0.25, 0.3) is 0 Å². The Balaban J connectivity index is 1.99. The molecule has 31 heavy (non-hydrogen) atoms. The van der Waals surface area contributed by atoms with Crippen molar-refractivity contribution < 1.29 is 18.7 Å². The molecule has 0 bridgehead atoms. The minimum atomic E-state index is -3.34. The van der Waals surface area contributed by atoms with Gasteiger partial charge in [0.15, 0.2) is 0 Å². The summed E-state index contributed by atoms with van der Waals surface area (Å²) in [6.45, 7) is 4.18. The largest absolute Gasteiger partial charge is 0.507 e. The van der Waals surface area contributed by atoms with Crippen LogP contribution in [0.5, 0.6) is 11.5 Å². The second-order valence-electron chi connectivity index (χ2n) is 7.54. The lowest BCUT2D eigenvalue weighted by atomic mass is 9.92. The van der Waals surface area contributed by atoms with Gasteiger partial charge in [0.1, 0.15) is 11.5 Å². The van der Waals surface area contributed by atoms with Crippen molar-refractivity contribution in [2.45, 2.75) is 26.7 Å². The maximum Gasteiger partial charge on any atom is 0.379 e. The number of aromatic hydroxyl groups is 1. The first kappa shape index (κ1) is 21.4. The van der Waals surface area contributed by atoms with Gasteiger partial charge in [-0.15, -0.1) is 0 Å². The van der Waals surface area contributed by atoms with Crippen molar-refractivity contribution in [1.82, 2.24) is 0 Å². The first-order chi connectivity index (χ1) is 15.1. The maximum atomic E-state index is 13.5. The summed E-state index contributed by atoms with van der Waals surface area (Å²) in [7, 11) is -3.34. The van der Waals surface area contributed by atoms with Crippen molar-refractivity contribution in [3.8, 4) is 22.6 Å². The molecule has 0 amide bonds. The summed E-state index contributed by atoms with van der Waals surface area (Å²) in [6.07, 6.45) is 2.00. The van der Waals surface area contributed by atoms with Gasteiger partial charge in [-0.2, -0.15) is 0 Å². The van der Waals surface area contributed by atoms with Crippen LogP contribution in [0.25, 0.3) is 32.7 Å². The second-order valence-corrected chi connectivity index (χ2v) is 9.65. The van der Waals surface area contributed by atoms with Gasteiger partial charge in [-0.3, -0.25) is 0 Å². The van der Waals surface area contributed by atoms with E-state index < -0.39 is 7.60 Å². The van der Waals surface area contributed by atoms with E-state index in [2.05, 4.69) is 0 Å². The predicted molar refractivity (Wildman–Crippen MR) is 128 cm³/mol. The van der Waals surface area contributed by atoms with Gasteiger partial charge in [-0.25, -0.2) is 4.57 Å². The highest BCUT2D eigenvalue weighted by molar-refractivity contribution is 7.54. The van der Waals surface area contributed by atoms with E-state index in [4.69, 9.17) is 9.05 Å². The third kappa shape index (κ3) is 4.32. The summed E-state index contributed by atoms with van der Waals surface area (Å²) >= 11 is 0. The van der Waals surface area contributed by atoms with E-state index in [1.807, 2.05) is 80.6 Å². The lowest BCUT2D eigenvalue weighted by Crippen LogP contribution is -2.04. The molecule has 4 rings (SSSR count). The standard InChI is InChI=1S/C26H27O4P/c1-3-5-18-31(28,29-4-2)30-24-17-15-20-11-7-9-13-22(20)26(24)25-21-12-8-6-10-19(21)14-16-23(25)27/h6-17,27H,3-5,18H2,1-2H3. The fourth-order valence-corrected chi connectivity index (χ4v) is 5.76. The van der Waals surface area contributed by atoms with E-state index in [1.165, 1.54) is 0 Å². The van der Waals surface area contributed by atoms with Gasteiger partial charge < -0.3 is 14.2 Å². The SMILES string of the molecule is CCCCP(=O)(OCC)Oc1ccc2ccccc2c1-c1c(O)ccc2ccccc12. The summed E-state index contributed by atoms with van der Waals surface area (Å²) in [6, 6.07) is 23.2. The zero-order valence-corrected chi connectivity index (χ0v) is 18.8. The Morgan fingerprint density at radius 3 is 2.06 bits per heavy atom. The number of phenolic OH excluding ortho intramolecular Hbond substituents is 1. The Labute approximate surface area is 183 Å². The first-order valence-corrected chi connectivity index (χ1v) is 12.4. The van der Waals surface area contributed by atoms with Crippen molar-refractivity contribution >= 4 is 29.1 Å². The summed E-state index contributed by atoms with van der Waals surface area (Å²) in [5.74, 6) is 0.609. The molecule has 1 unspecified atom stereocenters. The third-order valence-electron chi connectivity index (χ3n) is 5.40. The van der Waals surface area contributed by atoms with E-state index in [-0.39, 0.29) is 5.75 Å². The van der Waals surface area contributed by atoms with Crippen molar-refractivity contribution in [3.05, 3.63) is 72.8 Å². The lowest BCUT2D eigenvalue weighted by molar-refractivity contribution is 0.278. The van der Waals surface area contributed by atoms with Crippen molar-refractivity contribution in [1.29, 1.82) is 0 Å². The van der Waals surface area contributed by atoms with Crippen LogP contribution in [0.15, 0.2) is 72.8 Å². The van der Waals surface area contributed by atoms with Crippen LogP contribution in [0, 0.1) is 0 Å². The summed E-state index contributed by atoms with van der Waals surface area (Å²) in [4.78, 5) is 0. The van der Waals surface area contributed by atoms with Crippen LogP contribution in [0.1, 0.15) is 26.7 Å². The number of phenols is 1. The molecular weight excluding hydrogens is 407 g/mol. The molecule has 0 aliphatic heterocycles. The van der Waals surface area contributed by atoms with Gasteiger partial charge in [0.2, 0.25) is 0 Å². The monoisotopic (exact) mass is 434 g/mol. The molecule has 4 nitrogen and oxygen atoms in total. The van der Waals surface area contributed by atoms with Gasteiger partial charge in [-0.1, -0.05) is 74.0 Å². The molecule has 1 atom stereocenters. The predicted octanol–water partition coefficient (Wildman–Crippen LogP) is 7.77. The average molecular weight is 434 g/mol. The van der Waals surface area contributed by atoms with E-state index >= 15 is 0 Å². The van der Waals surface area contributed by atoms with E-state index in [0.29, 0.717) is 24.1 Å². The fourth-order valence-electron chi connectivity index (χ4n) is 3.94. The number of hydrogen-bond donors (Lipinski definition) is 1. The Kier molecular flexibility index (Phi) is 6.31. The minimum Gasteiger partial charge on any atom is -0.507 e. The molecule has 0 radical (unpaired) electrons. The van der Waals surface area contributed by atoms with Crippen LogP contribution < -0.4 is 4.52 Å². The molecule has 0 saturated carbocycles. The molecule has 160 valence electrons. The molecule has 0 spiro atoms. The van der Waals surface area contributed by atoms with E-state index in [9.17, 15) is 9.67 Å². The van der Waals surface area contributed by atoms with Gasteiger partial charge in [0, 0.05) is 11.1 Å². The Morgan fingerprint density at radius 1 is 0.806 bits per heavy atom.